The zero-order valence-electron chi connectivity index (χ0n) is 3.09. The first kappa shape index (κ1) is 11.1. The molecule has 0 aromatic rings. The molecule has 0 aromatic heterocycles. The quantitative estimate of drug-likeness (QED) is 0.516. The molecule has 0 aliphatic carbocycles. The van der Waals surface area contributed by atoms with E-state index < -0.39 is 2.62 Å². The van der Waals surface area contributed by atoms with Crippen LogP contribution in [0.1, 0.15) is 0 Å². The Labute approximate surface area is 75.2 Å². The van der Waals surface area contributed by atoms with E-state index in [0.717, 1.165) is 0 Å². The van der Waals surface area contributed by atoms with Gasteiger partial charge in [-0.2, -0.15) is 0 Å². The predicted molar refractivity (Wildman–Crippen MR) is 35.3 cm³/mol. The van der Waals surface area contributed by atoms with Crippen molar-refractivity contribution in [3.05, 3.63) is 0 Å². The average molecular weight is 248 g/mol. The van der Waals surface area contributed by atoms with Crippen LogP contribution in [0.15, 0.2) is 0 Å². The smallest absolute Gasteiger partial charge is 0.341 e. The van der Waals surface area contributed by atoms with Crippen LogP contribution in [0.25, 0.3) is 0 Å². The molecule has 0 unspecified atom stereocenters. The van der Waals surface area contributed by atoms with Gasteiger partial charge in [0.05, 0.1) is 0 Å². The topological polar surface area (TPSA) is 0 Å². The van der Waals surface area contributed by atoms with Gasteiger partial charge in [0.2, 0.25) is 0 Å². The van der Waals surface area contributed by atoms with Gasteiger partial charge in [-0.15, -0.1) is 0 Å². The molecule has 0 fully saturated rings. The molecule has 0 radical (unpaired) electrons. The number of hydrogen-bond acceptors (Lipinski definition) is 0. The summed E-state index contributed by atoms with van der Waals surface area (Å²) in [5.41, 5.74) is 0. The van der Waals surface area contributed by atoms with Crippen molar-refractivity contribution < 1.29 is 18.9 Å². The van der Waals surface area contributed by atoms with Gasteiger partial charge >= 0.3 is 18.9 Å². The van der Waals surface area contributed by atoms with Gasteiger partial charge < -0.3 is 54.4 Å². The van der Waals surface area contributed by atoms with Crippen LogP contribution in [0, 0.1) is 0 Å². The second-order valence-corrected chi connectivity index (χ2v) is 8.11. The Morgan fingerprint density at radius 3 is 1.17 bits per heavy atom. The molecule has 0 nitrogen and oxygen atoms in total. The summed E-state index contributed by atoms with van der Waals surface area (Å²) in [6.45, 7) is 0. The minimum Gasteiger partial charge on any atom is -0.341 e. The second kappa shape index (κ2) is 4.12. The largest absolute Gasteiger partial charge is 1.00 e. The zero-order valence-corrected chi connectivity index (χ0v) is 7.77. The first-order chi connectivity index (χ1) is 2.00. The number of halogens is 4. The van der Waals surface area contributed by atoms with Crippen LogP contribution in [0.4, 0.5) is 0 Å². The van der Waals surface area contributed by atoms with Crippen LogP contribution >= 0.6 is 54.4 Å². The third-order valence-corrected chi connectivity index (χ3v) is 0. The molecular formula is BBr2Cl2Li. The van der Waals surface area contributed by atoms with Gasteiger partial charge in [-0.3, -0.25) is 0 Å². The molecule has 0 atom stereocenters. The molecule has 0 aromatic carbocycles. The van der Waals surface area contributed by atoms with E-state index in [0.29, 0.717) is 0 Å². The van der Waals surface area contributed by atoms with Crippen LogP contribution in [0.3, 0.4) is 0 Å². The summed E-state index contributed by atoms with van der Waals surface area (Å²) in [7, 11) is 0. The van der Waals surface area contributed by atoms with Crippen LogP contribution in [0.2, 0.25) is 0 Å². The molecule has 32 valence electrons. The number of rotatable bonds is 0. The first-order valence-corrected chi connectivity index (χ1v) is 3.58. The molecule has 0 aliphatic rings. The Kier molecular flexibility index (Phi) is 7.59. The van der Waals surface area contributed by atoms with Crippen molar-refractivity contribution >= 4 is 57.1 Å². The molecule has 0 rings (SSSR count). The van der Waals surface area contributed by atoms with Crippen molar-refractivity contribution in [2.45, 2.75) is 0 Å². The average Bonchev–Trinajstić information content (AvgIpc) is 0.722. The Morgan fingerprint density at radius 2 is 1.17 bits per heavy atom. The van der Waals surface area contributed by atoms with Crippen molar-refractivity contribution in [1.82, 2.24) is 0 Å². The minimum atomic E-state index is -1.43. The zero-order chi connectivity index (χ0) is 4.50. The maximum atomic E-state index is 5.19. The van der Waals surface area contributed by atoms with Gasteiger partial charge in [0, 0.05) is 0 Å². The van der Waals surface area contributed by atoms with Crippen LogP contribution in [-0.2, 0) is 0 Å². The SMILES string of the molecule is Cl[B-](Cl)(Br)Br.[Li+]. The van der Waals surface area contributed by atoms with Gasteiger partial charge in [-0.05, 0) is 0 Å². The number of hydrogen-bond donors (Lipinski definition) is 0. The summed E-state index contributed by atoms with van der Waals surface area (Å²) in [6.07, 6.45) is 0. The van der Waals surface area contributed by atoms with Gasteiger partial charge in [-0.25, -0.2) is 0 Å². The summed E-state index contributed by atoms with van der Waals surface area (Å²) in [5, 5.41) is 0. The Morgan fingerprint density at radius 1 is 1.17 bits per heavy atom. The summed E-state index contributed by atoms with van der Waals surface area (Å²) in [5.74, 6) is 0. The molecular weight excluding hydrogens is 248 g/mol. The summed E-state index contributed by atoms with van der Waals surface area (Å²) in [6, 6.07) is 0. The molecule has 0 heterocycles. The summed E-state index contributed by atoms with van der Waals surface area (Å²) < 4.78 is -1.43. The summed E-state index contributed by atoms with van der Waals surface area (Å²) >= 11 is 16.2. The van der Waals surface area contributed by atoms with E-state index in [2.05, 4.69) is 31.5 Å². The molecule has 0 N–H and O–H groups in total. The van der Waals surface area contributed by atoms with Gasteiger partial charge in [0.25, 0.3) is 2.62 Å². The third-order valence-electron chi connectivity index (χ3n) is 0. The van der Waals surface area contributed by atoms with Crippen LogP contribution in [-0.4, -0.2) is 2.62 Å². The van der Waals surface area contributed by atoms with E-state index in [1.54, 1.807) is 0 Å². The Hall–Kier alpha value is 2.20. The van der Waals surface area contributed by atoms with Gasteiger partial charge in [0.1, 0.15) is 0 Å². The van der Waals surface area contributed by atoms with Crippen LogP contribution in [0.5, 0.6) is 0 Å². The van der Waals surface area contributed by atoms with Gasteiger partial charge in [0.15, 0.2) is 0 Å². The molecule has 6 heteroatoms. The normalized spacial score (nSPS) is 10.0. The fraction of sp³-hybridized carbons (Fsp3) is 0. The van der Waals surface area contributed by atoms with Crippen molar-refractivity contribution in [2.24, 2.45) is 0 Å². The Bertz CT molecular complexity index is 27.0. The molecule has 0 aliphatic heterocycles. The van der Waals surface area contributed by atoms with Crippen molar-refractivity contribution in [1.29, 1.82) is 0 Å². The van der Waals surface area contributed by atoms with E-state index in [1.807, 2.05) is 0 Å². The third kappa shape index (κ3) is 34.6. The maximum absolute atomic E-state index is 5.19. The monoisotopic (exact) mass is 246 g/mol. The van der Waals surface area contributed by atoms with Crippen molar-refractivity contribution in [2.75, 3.05) is 0 Å². The van der Waals surface area contributed by atoms with Crippen LogP contribution < -0.4 is 18.9 Å². The van der Waals surface area contributed by atoms with E-state index in [-0.39, 0.29) is 18.9 Å². The van der Waals surface area contributed by atoms with E-state index >= 15 is 0 Å². The predicted octanol–water partition coefficient (Wildman–Crippen LogP) is -0.307. The molecule has 0 saturated carbocycles. The molecule has 6 heavy (non-hydrogen) atoms. The minimum absolute atomic E-state index is 0. The van der Waals surface area contributed by atoms with E-state index in [9.17, 15) is 0 Å². The molecule has 0 bridgehead atoms. The standard InChI is InChI=1S/BBr2Cl2.Li/c2-1(3,4)5;/q-1;+1. The van der Waals surface area contributed by atoms with Gasteiger partial charge in [-0.1, -0.05) is 0 Å². The van der Waals surface area contributed by atoms with Crippen molar-refractivity contribution in [3.63, 3.8) is 0 Å². The van der Waals surface area contributed by atoms with Crippen molar-refractivity contribution in [3.8, 4) is 0 Å². The molecule has 0 saturated heterocycles. The fourth-order valence-electron chi connectivity index (χ4n) is 0. The fourth-order valence-corrected chi connectivity index (χ4v) is 0. The van der Waals surface area contributed by atoms with E-state index in [4.69, 9.17) is 22.9 Å². The molecule has 0 amide bonds. The second-order valence-electron chi connectivity index (χ2n) is 0.495. The van der Waals surface area contributed by atoms with E-state index in [1.165, 1.54) is 0 Å². The maximum Gasteiger partial charge on any atom is 1.00 e. The first-order valence-electron chi connectivity index (χ1n) is 0.873. The molecule has 0 spiro atoms. The Balaban J connectivity index is 0. The summed E-state index contributed by atoms with van der Waals surface area (Å²) in [4.78, 5) is 0.